The van der Waals surface area contributed by atoms with Gasteiger partial charge in [-0.1, -0.05) is 62.3 Å². The molecule has 1 aromatic heterocycles. The van der Waals surface area contributed by atoms with Crippen molar-refractivity contribution in [2.75, 3.05) is 32.8 Å². The van der Waals surface area contributed by atoms with Gasteiger partial charge in [-0.3, -0.25) is 33.6 Å². The average molecular weight is 954 g/mol. The minimum Gasteiger partial charge on any atom is -0.481 e. The molecule has 0 aromatic carbocycles. The number of alkyl halides is 3. The smallest absolute Gasteiger partial charge is 0.435 e. The van der Waals surface area contributed by atoms with E-state index in [-0.39, 0.29) is 75.9 Å². The number of allylic oxidation sites excluding steroid dienone is 1. The Kier molecular flexibility index (Phi) is 11.9. The van der Waals surface area contributed by atoms with E-state index in [1.807, 2.05) is 32.6 Å². The van der Waals surface area contributed by atoms with Crippen molar-refractivity contribution in [2.45, 2.75) is 169 Å². The molecule has 6 saturated carbocycles. The first-order chi connectivity index (χ1) is 31.6. The highest BCUT2D eigenvalue weighted by atomic mass is 19.4. The van der Waals surface area contributed by atoms with Crippen LogP contribution in [0.15, 0.2) is 17.2 Å². The Bertz CT molecular complexity index is 2290. The lowest BCUT2D eigenvalue weighted by Crippen LogP contribution is -2.68. The van der Waals surface area contributed by atoms with Gasteiger partial charge in [0, 0.05) is 37.5 Å². The third-order valence-electron chi connectivity index (χ3n) is 20.4. The fraction of sp³-hybridized carbons (Fsp3) is 0.808. The number of esters is 1. The number of hydrogen-bond donors (Lipinski definition) is 3. The first-order valence-corrected chi connectivity index (χ1v) is 25.5. The van der Waals surface area contributed by atoms with E-state index in [1.54, 1.807) is 0 Å². The SMILES string of the molecule is CC(C)C1=C2[C@H]3CC[C@@H]4[C@@]5(C)CC[C@H](OC(=O)[C@H]6C[C@@H](C(=O)O)C6(C)C)C(C)(C)[C@@H]5CC[C@@]4(C)[C@]3(C)CC[C@@]2(NC(=O)C2(NC(=O)c3cc(C(F)(F)F)nn3CCN3CCOCC3)CC2)CC1=O. The van der Waals surface area contributed by atoms with E-state index in [4.69, 9.17) is 9.47 Å². The number of rotatable bonds is 11. The number of nitrogens with one attached hydrogen (secondary N) is 2. The molecule has 1 aliphatic heterocycles. The van der Waals surface area contributed by atoms with Crippen molar-refractivity contribution in [1.82, 2.24) is 25.3 Å². The van der Waals surface area contributed by atoms with Crippen LogP contribution in [0.4, 0.5) is 13.2 Å². The van der Waals surface area contributed by atoms with Crippen molar-refractivity contribution in [1.29, 1.82) is 0 Å². The number of aromatic nitrogens is 2. The molecule has 1 aromatic rings. The molecule has 16 heteroatoms. The molecule has 68 heavy (non-hydrogen) atoms. The molecule has 3 N–H and O–H groups in total. The van der Waals surface area contributed by atoms with Gasteiger partial charge in [-0.05, 0) is 127 Å². The standard InChI is InChI=1S/C52H74F3N5O8/c1-29(2)39-34(61)28-51(57-44(66)50(18-19-50)56-41(62)33-27-37(52(53,54)55)58-60(33)21-20-59-22-24-67-25-23-59)17-16-48(8)30(40(39)51)10-11-36-47(7)14-13-38(46(5,6)35(47)12-15-49(36,48)9)68-43(65)32-26-31(42(63)64)45(32,3)4/h27,29-32,35-36,38H,10-26,28H2,1-9H3,(H,56,62)(H,57,66)(H,63,64)/t30-,31+,32-,35+,36-,38+,47+,48-,49-,51-/m1/s1. The Morgan fingerprint density at radius 2 is 1.54 bits per heavy atom. The summed E-state index contributed by atoms with van der Waals surface area (Å²) in [7, 11) is 0. The second-order valence-corrected chi connectivity index (χ2v) is 24.6. The van der Waals surface area contributed by atoms with Crippen LogP contribution in [0.25, 0.3) is 0 Å². The second kappa shape index (κ2) is 16.4. The number of carboxylic acid groups (broad SMARTS) is 1. The summed E-state index contributed by atoms with van der Waals surface area (Å²) < 4.78 is 54.9. The molecule has 13 nitrogen and oxygen atoms in total. The zero-order valence-corrected chi connectivity index (χ0v) is 41.6. The zero-order valence-electron chi connectivity index (χ0n) is 41.6. The highest BCUT2D eigenvalue weighted by molar-refractivity contribution is 6.04. The summed E-state index contributed by atoms with van der Waals surface area (Å²) in [5.41, 5.74) is -3.17. The van der Waals surface area contributed by atoms with Crippen LogP contribution in [-0.4, -0.2) is 99.4 Å². The summed E-state index contributed by atoms with van der Waals surface area (Å²) in [4.78, 5) is 70.7. The van der Waals surface area contributed by atoms with Crippen molar-refractivity contribution >= 4 is 29.5 Å². The highest BCUT2D eigenvalue weighted by Gasteiger charge is 2.71. The molecule has 9 rings (SSSR count). The van der Waals surface area contributed by atoms with Gasteiger partial charge in [0.05, 0.1) is 37.1 Å². The van der Waals surface area contributed by atoms with E-state index in [9.17, 15) is 42.3 Å². The first kappa shape index (κ1) is 49.2. The Balaban J connectivity index is 0.938. The predicted molar refractivity (Wildman–Crippen MR) is 245 cm³/mol. The molecule has 0 radical (unpaired) electrons. The maximum absolute atomic E-state index is 14.7. The van der Waals surface area contributed by atoms with Crippen molar-refractivity contribution in [3.63, 3.8) is 0 Å². The van der Waals surface area contributed by atoms with Crippen molar-refractivity contribution in [2.24, 2.45) is 62.6 Å². The molecule has 10 atom stereocenters. The topological polar surface area (TPSA) is 169 Å². The minimum absolute atomic E-state index is 0.0268. The summed E-state index contributed by atoms with van der Waals surface area (Å²) in [6.45, 7) is 22.4. The monoisotopic (exact) mass is 954 g/mol. The molecule has 0 bridgehead atoms. The average Bonchev–Trinajstić information content (AvgIpc) is 3.78. The number of hydrogen-bond acceptors (Lipinski definition) is 9. The lowest BCUT2D eigenvalue weighted by Gasteiger charge is -2.72. The number of ketones is 1. The van der Waals surface area contributed by atoms with Gasteiger partial charge in [-0.25, -0.2) is 0 Å². The molecule has 7 fully saturated rings. The number of halogens is 3. The zero-order chi connectivity index (χ0) is 49.4. The molecular weight excluding hydrogens is 880 g/mol. The van der Waals surface area contributed by atoms with E-state index >= 15 is 0 Å². The Morgan fingerprint density at radius 1 is 0.853 bits per heavy atom. The normalized spacial score (nSPS) is 38.0. The molecule has 8 aliphatic rings. The quantitative estimate of drug-likeness (QED) is 0.185. The van der Waals surface area contributed by atoms with Crippen molar-refractivity contribution < 1.29 is 51.7 Å². The number of amides is 2. The molecule has 7 aliphatic carbocycles. The van der Waals surface area contributed by atoms with Gasteiger partial charge in [-0.2, -0.15) is 18.3 Å². The second-order valence-electron chi connectivity index (χ2n) is 24.6. The van der Waals surface area contributed by atoms with Crippen LogP contribution >= 0.6 is 0 Å². The van der Waals surface area contributed by atoms with Crippen LogP contribution in [0.3, 0.4) is 0 Å². The van der Waals surface area contributed by atoms with Crippen molar-refractivity contribution in [3.05, 3.63) is 28.6 Å². The Labute approximate surface area is 398 Å². The largest absolute Gasteiger partial charge is 0.481 e. The molecule has 2 amide bonds. The van der Waals surface area contributed by atoms with Crippen LogP contribution in [0, 0.1) is 62.6 Å². The van der Waals surface area contributed by atoms with Crippen LogP contribution in [0.5, 0.6) is 0 Å². The van der Waals surface area contributed by atoms with Gasteiger partial charge in [0.15, 0.2) is 11.5 Å². The number of carboxylic acids is 1. The summed E-state index contributed by atoms with van der Waals surface area (Å²) in [6, 6.07) is 0.761. The van der Waals surface area contributed by atoms with Gasteiger partial charge < -0.3 is 25.2 Å². The molecule has 2 heterocycles. The number of fused-ring (bicyclic) bond motifs is 7. The molecule has 376 valence electrons. The Hall–Kier alpha value is -3.79. The maximum atomic E-state index is 14.7. The van der Waals surface area contributed by atoms with Crippen LogP contribution in [0.1, 0.15) is 156 Å². The Morgan fingerprint density at radius 3 is 2.16 bits per heavy atom. The van der Waals surface area contributed by atoms with Crippen LogP contribution in [-0.2, 0) is 41.4 Å². The third kappa shape index (κ3) is 7.51. The van der Waals surface area contributed by atoms with Crippen LogP contribution < -0.4 is 10.6 Å². The first-order valence-electron chi connectivity index (χ1n) is 25.5. The summed E-state index contributed by atoms with van der Waals surface area (Å²) in [6.07, 6.45) is 2.76. The predicted octanol–water partition coefficient (Wildman–Crippen LogP) is 8.00. The fourth-order valence-corrected chi connectivity index (χ4v) is 16.0. The van der Waals surface area contributed by atoms with E-state index < -0.39 is 58.0 Å². The van der Waals surface area contributed by atoms with Crippen LogP contribution in [0.2, 0.25) is 0 Å². The van der Waals surface area contributed by atoms with Gasteiger partial charge in [-0.15, -0.1) is 0 Å². The number of carbonyl (C=O) groups is 5. The van der Waals surface area contributed by atoms with E-state index in [2.05, 4.69) is 50.4 Å². The van der Waals surface area contributed by atoms with Gasteiger partial charge in [0.2, 0.25) is 5.91 Å². The minimum atomic E-state index is -4.77. The highest BCUT2D eigenvalue weighted by Crippen LogP contribution is 2.76. The number of nitrogens with zero attached hydrogens (tertiary/aromatic N) is 3. The van der Waals surface area contributed by atoms with Gasteiger partial charge in [0.1, 0.15) is 17.3 Å². The van der Waals surface area contributed by atoms with Gasteiger partial charge >= 0.3 is 18.1 Å². The molecule has 0 unspecified atom stereocenters. The summed E-state index contributed by atoms with van der Waals surface area (Å²) >= 11 is 0. The number of Topliss-reactive ketones (excluding diaryl/α,β-unsaturated/α-hetero) is 1. The number of ether oxygens (including phenoxy) is 2. The van der Waals surface area contributed by atoms with E-state index in [1.165, 1.54) is 0 Å². The number of aliphatic carboxylic acids is 1. The number of morpholine rings is 1. The number of carbonyl (C=O) groups excluding carboxylic acids is 4. The summed E-state index contributed by atoms with van der Waals surface area (Å²) in [5, 5.41) is 19.8. The summed E-state index contributed by atoms with van der Waals surface area (Å²) in [5.74, 6) is -2.71. The van der Waals surface area contributed by atoms with Crippen molar-refractivity contribution in [3.8, 4) is 0 Å². The fourth-order valence-electron chi connectivity index (χ4n) is 16.0. The lowest BCUT2D eigenvalue weighted by molar-refractivity contribution is -0.235. The molecule has 1 saturated heterocycles. The van der Waals surface area contributed by atoms with E-state index in [0.717, 1.165) is 66.8 Å². The molecule has 0 spiro atoms. The van der Waals surface area contributed by atoms with E-state index in [0.29, 0.717) is 64.4 Å². The third-order valence-corrected chi connectivity index (χ3v) is 20.4. The van der Waals surface area contributed by atoms with Gasteiger partial charge in [0.25, 0.3) is 5.91 Å². The maximum Gasteiger partial charge on any atom is 0.435 e. The molecular formula is C52H74F3N5O8. The lowest BCUT2D eigenvalue weighted by atomic mass is 9.33.